The van der Waals surface area contributed by atoms with E-state index in [4.69, 9.17) is 5.84 Å². The van der Waals surface area contributed by atoms with Crippen LogP contribution in [0.15, 0.2) is 47.6 Å². The van der Waals surface area contributed by atoms with Crippen LogP contribution in [0, 0.1) is 0 Å². The number of anilines is 2. The Bertz CT molecular complexity index is 874. The number of benzene rings is 2. The fourth-order valence-electron chi connectivity index (χ4n) is 3.77. The molecule has 2 aromatic carbocycles. The van der Waals surface area contributed by atoms with Crippen LogP contribution in [-0.4, -0.2) is 48.4 Å². The number of nitrogens with two attached hydrogens (primary N) is 1. The Kier molecular flexibility index (Phi) is 7.30. The van der Waals surface area contributed by atoms with E-state index in [0.717, 1.165) is 60.4 Å². The fraction of sp³-hybridized carbons (Fsp3) is 0.391. The van der Waals surface area contributed by atoms with Crippen LogP contribution < -0.4 is 16.5 Å². The topological polar surface area (TPSA) is 103 Å². The van der Waals surface area contributed by atoms with Gasteiger partial charge in [-0.2, -0.15) is 5.10 Å². The summed E-state index contributed by atoms with van der Waals surface area (Å²) in [5, 5.41) is 20.2. The molecule has 1 aliphatic rings. The number of piperidine rings is 1. The van der Waals surface area contributed by atoms with Gasteiger partial charge in [-0.05, 0) is 80.4 Å². The molecule has 0 amide bonds. The van der Waals surface area contributed by atoms with Crippen LogP contribution in [0.2, 0.25) is 0 Å². The number of carbonyl (C=O) groups is 1. The van der Waals surface area contributed by atoms with Crippen LogP contribution >= 0.6 is 0 Å². The summed E-state index contributed by atoms with van der Waals surface area (Å²) in [6.45, 7) is 4.23. The van der Waals surface area contributed by atoms with Crippen molar-refractivity contribution in [3.05, 3.63) is 59.2 Å². The lowest BCUT2D eigenvalue weighted by Crippen LogP contribution is -2.36. The molecule has 0 saturated carbocycles. The molecule has 0 bridgehead atoms. The van der Waals surface area contributed by atoms with Crippen molar-refractivity contribution in [2.75, 3.05) is 30.8 Å². The number of likely N-dealkylation sites (tertiary alicyclic amines) is 1. The molecule has 7 heteroatoms. The Morgan fingerprint density at radius 3 is 2.53 bits per heavy atom. The number of hydrogen-bond donors (Lipinski definition) is 4. The monoisotopic (exact) mass is 409 g/mol. The average molecular weight is 410 g/mol. The van der Waals surface area contributed by atoms with Crippen molar-refractivity contribution in [1.82, 2.24) is 4.90 Å². The molecule has 160 valence electrons. The minimum atomic E-state index is -0.916. The van der Waals surface area contributed by atoms with Gasteiger partial charge in [-0.15, -0.1) is 0 Å². The van der Waals surface area contributed by atoms with Crippen LogP contribution in [-0.2, 0) is 11.2 Å². The van der Waals surface area contributed by atoms with Gasteiger partial charge in [0.05, 0.1) is 6.21 Å². The number of hydrogen-bond acceptors (Lipinski definition) is 6. The Hall–Kier alpha value is -3.06. The van der Waals surface area contributed by atoms with Gasteiger partial charge in [-0.3, -0.25) is 0 Å². The zero-order valence-electron chi connectivity index (χ0n) is 17.6. The van der Waals surface area contributed by atoms with E-state index in [0.29, 0.717) is 6.04 Å². The zero-order chi connectivity index (χ0) is 21.5. The summed E-state index contributed by atoms with van der Waals surface area (Å²) in [6, 6.07) is 13.0. The van der Waals surface area contributed by atoms with Crippen LogP contribution in [0.3, 0.4) is 0 Å². The second-order valence-electron chi connectivity index (χ2n) is 7.85. The molecule has 1 heterocycles. The smallest absolute Gasteiger partial charge is 0.330 e. The highest BCUT2D eigenvalue weighted by Crippen LogP contribution is 2.26. The first kappa shape index (κ1) is 21.6. The number of hydrazone groups is 1. The second-order valence-corrected chi connectivity index (χ2v) is 7.85. The summed E-state index contributed by atoms with van der Waals surface area (Å²) in [4.78, 5) is 14.4. The number of carboxylic acids is 1. The van der Waals surface area contributed by atoms with E-state index in [-0.39, 0.29) is 0 Å². The summed E-state index contributed by atoms with van der Waals surface area (Å²) >= 11 is 0. The van der Waals surface area contributed by atoms with E-state index in [1.807, 2.05) is 36.4 Å². The summed E-state index contributed by atoms with van der Waals surface area (Å²) in [5.74, 6) is 4.26. The van der Waals surface area contributed by atoms with Crippen LogP contribution in [0.25, 0.3) is 0 Å². The lowest BCUT2D eigenvalue weighted by atomic mass is 9.99. The van der Waals surface area contributed by atoms with E-state index in [1.54, 1.807) is 6.21 Å². The molecule has 30 heavy (non-hydrogen) atoms. The van der Waals surface area contributed by atoms with Crippen molar-refractivity contribution in [1.29, 1.82) is 0 Å². The van der Waals surface area contributed by atoms with Crippen molar-refractivity contribution >= 4 is 23.6 Å². The zero-order valence-corrected chi connectivity index (χ0v) is 17.6. The van der Waals surface area contributed by atoms with Crippen molar-refractivity contribution in [2.24, 2.45) is 10.9 Å². The first-order valence-electron chi connectivity index (χ1n) is 10.4. The fourth-order valence-corrected chi connectivity index (χ4v) is 3.77. The molecule has 0 spiro atoms. The summed E-state index contributed by atoms with van der Waals surface area (Å²) < 4.78 is 0. The number of nitrogens with zero attached hydrogens (tertiary/aromatic N) is 2. The quantitative estimate of drug-likeness (QED) is 0.303. The van der Waals surface area contributed by atoms with Gasteiger partial charge in [-0.1, -0.05) is 25.1 Å². The second kappa shape index (κ2) is 10.1. The Labute approximate surface area is 178 Å². The third-order valence-electron chi connectivity index (χ3n) is 5.54. The molecule has 1 unspecified atom stereocenters. The van der Waals surface area contributed by atoms with Crippen molar-refractivity contribution < 1.29 is 9.90 Å². The molecule has 2 aromatic rings. The molecule has 1 aliphatic heterocycles. The predicted molar refractivity (Wildman–Crippen MR) is 122 cm³/mol. The molecule has 1 atom stereocenters. The largest absolute Gasteiger partial charge is 0.479 e. The van der Waals surface area contributed by atoms with Crippen molar-refractivity contribution in [3.63, 3.8) is 0 Å². The Balaban J connectivity index is 1.81. The number of carboxylic acid groups (broad SMARTS) is 1. The van der Waals surface area contributed by atoms with Gasteiger partial charge in [0.25, 0.3) is 0 Å². The molecule has 0 radical (unpaired) electrons. The van der Waals surface area contributed by atoms with Gasteiger partial charge in [-0.25, -0.2) is 4.79 Å². The van der Waals surface area contributed by atoms with E-state index < -0.39 is 12.0 Å². The number of nitrogens with one attached hydrogen (secondary N) is 2. The first-order chi connectivity index (χ1) is 14.5. The highest BCUT2D eigenvalue weighted by Gasteiger charge is 2.22. The summed E-state index contributed by atoms with van der Waals surface area (Å²) in [7, 11) is 2.14. The summed E-state index contributed by atoms with van der Waals surface area (Å²) in [6.07, 6.45) is 4.56. The lowest BCUT2D eigenvalue weighted by Gasteiger charge is -2.30. The third-order valence-corrected chi connectivity index (χ3v) is 5.54. The normalized spacial score (nSPS) is 16.5. The highest BCUT2D eigenvalue weighted by atomic mass is 16.4. The minimum Gasteiger partial charge on any atom is -0.479 e. The van der Waals surface area contributed by atoms with Crippen LogP contribution in [0.4, 0.5) is 11.4 Å². The standard InChI is InChI=1S/C23H31N5O2/c1-3-16-12-18(14-21(13-16)26-20-8-10-28(2)11-9-20)22(23(29)30)27-19-6-4-17(5-7-19)15-25-24/h4-7,12-15,20,22,26-27H,3,8-11,24H2,1-2H3,(H,29,30). The molecule has 0 aromatic heterocycles. The van der Waals surface area contributed by atoms with Gasteiger partial charge in [0.15, 0.2) is 6.04 Å². The molecule has 1 fully saturated rings. The van der Waals surface area contributed by atoms with Crippen LogP contribution in [0.1, 0.15) is 42.5 Å². The molecular formula is C23H31N5O2. The van der Waals surface area contributed by atoms with Gasteiger partial charge in [0.2, 0.25) is 0 Å². The van der Waals surface area contributed by atoms with Crippen molar-refractivity contribution in [2.45, 2.75) is 38.3 Å². The maximum atomic E-state index is 12.1. The highest BCUT2D eigenvalue weighted by molar-refractivity contribution is 5.82. The summed E-state index contributed by atoms with van der Waals surface area (Å²) in [5.41, 5.74) is 4.42. The van der Waals surface area contributed by atoms with Gasteiger partial charge < -0.3 is 26.5 Å². The van der Waals surface area contributed by atoms with E-state index >= 15 is 0 Å². The molecule has 7 nitrogen and oxygen atoms in total. The van der Waals surface area contributed by atoms with E-state index in [9.17, 15) is 9.90 Å². The van der Waals surface area contributed by atoms with Gasteiger partial charge in [0.1, 0.15) is 0 Å². The minimum absolute atomic E-state index is 0.411. The molecule has 1 saturated heterocycles. The maximum absolute atomic E-state index is 12.1. The average Bonchev–Trinajstić information content (AvgIpc) is 2.74. The molecule has 3 rings (SSSR count). The number of aliphatic carboxylic acids is 1. The number of aryl methyl sites for hydroxylation is 1. The lowest BCUT2D eigenvalue weighted by molar-refractivity contribution is -0.138. The predicted octanol–water partition coefficient (Wildman–Crippen LogP) is 3.29. The van der Waals surface area contributed by atoms with Gasteiger partial charge in [0, 0.05) is 17.4 Å². The SMILES string of the molecule is CCc1cc(NC2CCN(C)CC2)cc(C(Nc2ccc(C=NN)cc2)C(=O)O)c1. The van der Waals surface area contributed by atoms with E-state index in [2.05, 4.69) is 40.7 Å². The maximum Gasteiger partial charge on any atom is 0.330 e. The molecule has 5 N–H and O–H groups in total. The Morgan fingerprint density at radius 2 is 1.93 bits per heavy atom. The first-order valence-corrected chi connectivity index (χ1v) is 10.4. The van der Waals surface area contributed by atoms with Gasteiger partial charge >= 0.3 is 5.97 Å². The molecule has 0 aliphatic carbocycles. The Morgan fingerprint density at radius 1 is 1.23 bits per heavy atom. The van der Waals surface area contributed by atoms with Crippen molar-refractivity contribution in [3.8, 4) is 0 Å². The third kappa shape index (κ3) is 5.73. The number of rotatable bonds is 8. The molecular weight excluding hydrogens is 378 g/mol. The van der Waals surface area contributed by atoms with Crippen LogP contribution in [0.5, 0.6) is 0 Å². The van der Waals surface area contributed by atoms with E-state index in [1.165, 1.54) is 0 Å².